The molecule has 0 radical (unpaired) electrons. The van der Waals surface area contributed by atoms with E-state index in [1.165, 1.54) is 0 Å². The number of ether oxygens (including phenoxy) is 1. The Morgan fingerprint density at radius 2 is 2.05 bits per heavy atom. The average Bonchev–Trinajstić information content (AvgIpc) is 2.88. The number of benzene rings is 1. The molecule has 0 saturated carbocycles. The molecule has 2 heterocycles. The van der Waals surface area contributed by atoms with E-state index in [4.69, 9.17) is 4.74 Å². The second-order valence-corrected chi connectivity index (χ2v) is 6.13. The molecule has 0 unspecified atom stereocenters. The van der Waals surface area contributed by atoms with E-state index in [1.54, 1.807) is 4.90 Å². The lowest BCUT2D eigenvalue weighted by Crippen LogP contribution is -2.40. The van der Waals surface area contributed by atoms with Crippen LogP contribution in [0.2, 0.25) is 0 Å². The van der Waals surface area contributed by atoms with Gasteiger partial charge in [-0.25, -0.2) is 9.59 Å². The molecule has 0 bridgehead atoms. The van der Waals surface area contributed by atoms with Crippen molar-refractivity contribution in [3.8, 4) is 0 Å². The van der Waals surface area contributed by atoms with Crippen molar-refractivity contribution in [3.05, 3.63) is 34.7 Å². The third kappa shape index (κ3) is 2.90. The summed E-state index contributed by atoms with van der Waals surface area (Å²) in [6, 6.07) is 7.80. The molecule has 1 aromatic carbocycles. The summed E-state index contributed by atoms with van der Waals surface area (Å²) >= 11 is 3.23. The number of hydrogen-bond acceptors (Lipinski definition) is 3. The Hall–Kier alpha value is -1.76. The number of amides is 1. The summed E-state index contributed by atoms with van der Waals surface area (Å²) in [5, 5.41) is 0.639. The Morgan fingerprint density at radius 3 is 2.77 bits per heavy atom. The number of hydrogen-bond donors (Lipinski definition) is 1. The van der Waals surface area contributed by atoms with Crippen LogP contribution in [0.3, 0.4) is 0 Å². The number of para-hydroxylation sites is 2. The van der Waals surface area contributed by atoms with Crippen molar-refractivity contribution in [1.29, 1.82) is 0 Å². The number of carbonyl (C=O) groups excluding carboxylic acids is 1. The SMILES string of the molecule is O=C(OCCBr)N1CCC(n2c(=O)[nH]c3ccccc32)CC1. The maximum absolute atomic E-state index is 12.2. The Labute approximate surface area is 136 Å². The van der Waals surface area contributed by atoms with E-state index in [0.717, 1.165) is 23.9 Å². The first-order valence-corrected chi connectivity index (χ1v) is 8.50. The Kier molecular flexibility index (Phi) is 4.52. The molecule has 1 aliphatic rings. The van der Waals surface area contributed by atoms with Crippen LogP contribution < -0.4 is 5.69 Å². The van der Waals surface area contributed by atoms with E-state index in [-0.39, 0.29) is 17.8 Å². The number of fused-ring (bicyclic) bond motifs is 1. The van der Waals surface area contributed by atoms with Crippen LogP contribution in [0.4, 0.5) is 4.79 Å². The molecule has 2 aromatic rings. The van der Waals surface area contributed by atoms with Gasteiger partial charge in [-0.3, -0.25) is 4.57 Å². The highest BCUT2D eigenvalue weighted by atomic mass is 79.9. The minimum atomic E-state index is -0.274. The van der Waals surface area contributed by atoms with Crippen LogP contribution in [0, 0.1) is 0 Å². The molecular weight excluding hydrogens is 350 g/mol. The minimum Gasteiger partial charge on any atom is -0.449 e. The van der Waals surface area contributed by atoms with Crippen molar-refractivity contribution in [2.75, 3.05) is 25.0 Å². The Balaban J connectivity index is 1.72. The van der Waals surface area contributed by atoms with E-state index in [9.17, 15) is 9.59 Å². The quantitative estimate of drug-likeness (QED) is 0.847. The monoisotopic (exact) mass is 367 g/mol. The fourth-order valence-corrected chi connectivity index (χ4v) is 3.12. The summed E-state index contributed by atoms with van der Waals surface area (Å²) in [4.78, 5) is 28.6. The number of carbonyl (C=O) groups is 1. The van der Waals surface area contributed by atoms with Crippen LogP contribution in [-0.2, 0) is 4.74 Å². The number of likely N-dealkylation sites (tertiary alicyclic amines) is 1. The van der Waals surface area contributed by atoms with Gasteiger partial charge in [-0.05, 0) is 25.0 Å². The second-order valence-electron chi connectivity index (χ2n) is 5.34. The highest BCUT2D eigenvalue weighted by Gasteiger charge is 2.26. The summed E-state index contributed by atoms with van der Waals surface area (Å²) in [6.07, 6.45) is 1.24. The zero-order valence-electron chi connectivity index (χ0n) is 12.1. The fourth-order valence-electron chi connectivity index (χ4n) is 2.96. The first-order valence-electron chi connectivity index (χ1n) is 7.37. The van der Waals surface area contributed by atoms with Crippen molar-refractivity contribution < 1.29 is 9.53 Å². The molecule has 1 fully saturated rings. The molecule has 1 aliphatic heterocycles. The summed E-state index contributed by atoms with van der Waals surface area (Å²) in [6.45, 7) is 1.59. The van der Waals surface area contributed by atoms with Crippen LogP contribution in [-0.4, -0.2) is 45.6 Å². The molecule has 6 nitrogen and oxygen atoms in total. The highest BCUT2D eigenvalue weighted by Crippen LogP contribution is 2.25. The molecule has 0 spiro atoms. The zero-order chi connectivity index (χ0) is 15.5. The maximum atomic E-state index is 12.2. The summed E-state index contributed by atoms with van der Waals surface area (Å²) < 4.78 is 6.93. The van der Waals surface area contributed by atoms with Crippen LogP contribution in [0.15, 0.2) is 29.1 Å². The largest absolute Gasteiger partial charge is 0.449 e. The molecule has 1 N–H and O–H groups in total. The number of piperidine rings is 1. The van der Waals surface area contributed by atoms with Gasteiger partial charge in [0.15, 0.2) is 0 Å². The van der Waals surface area contributed by atoms with E-state index in [2.05, 4.69) is 20.9 Å². The number of H-pyrrole nitrogens is 1. The molecule has 1 saturated heterocycles. The number of rotatable bonds is 3. The van der Waals surface area contributed by atoms with Gasteiger partial charge in [0.1, 0.15) is 6.61 Å². The van der Waals surface area contributed by atoms with E-state index in [1.807, 2.05) is 28.8 Å². The number of aromatic nitrogens is 2. The molecule has 118 valence electrons. The summed E-state index contributed by atoms with van der Waals surface area (Å²) in [5.74, 6) is 0. The summed E-state index contributed by atoms with van der Waals surface area (Å²) in [5.41, 5.74) is 1.70. The third-order valence-corrected chi connectivity index (χ3v) is 4.34. The van der Waals surface area contributed by atoms with Crippen molar-refractivity contribution in [2.45, 2.75) is 18.9 Å². The van der Waals surface area contributed by atoms with E-state index in [0.29, 0.717) is 25.0 Å². The molecule has 1 aromatic heterocycles. The van der Waals surface area contributed by atoms with Gasteiger partial charge in [0.25, 0.3) is 0 Å². The Bertz CT molecular complexity index is 716. The van der Waals surface area contributed by atoms with E-state index >= 15 is 0 Å². The first-order chi connectivity index (χ1) is 10.7. The highest BCUT2D eigenvalue weighted by molar-refractivity contribution is 9.09. The normalized spacial score (nSPS) is 16.1. The van der Waals surface area contributed by atoms with Gasteiger partial charge in [-0.1, -0.05) is 28.1 Å². The lowest BCUT2D eigenvalue weighted by molar-refractivity contribution is 0.0937. The standard InChI is InChI=1S/C15H18BrN3O3/c16-7-10-22-15(21)18-8-5-11(6-9-18)19-13-4-2-1-3-12(13)17-14(19)20/h1-4,11H,5-10H2,(H,17,20). The van der Waals surface area contributed by atoms with Crippen LogP contribution >= 0.6 is 15.9 Å². The van der Waals surface area contributed by atoms with Gasteiger partial charge < -0.3 is 14.6 Å². The van der Waals surface area contributed by atoms with Crippen molar-refractivity contribution in [3.63, 3.8) is 0 Å². The molecule has 7 heteroatoms. The maximum Gasteiger partial charge on any atom is 0.409 e. The van der Waals surface area contributed by atoms with Gasteiger partial charge in [-0.15, -0.1) is 0 Å². The van der Waals surface area contributed by atoms with Gasteiger partial charge in [-0.2, -0.15) is 0 Å². The van der Waals surface area contributed by atoms with Gasteiger partial charge in [0.2, 0.25) is 0 Å². The number of imidazole rings is 1. The molecule has 1 amide bonds. The number of halogens is 1. The minimum absolute atomic E-state index is 0.0819. The van der Waals surface area contributed by atoms with Crippen molar-refractivity contribution in [2.24, 2.45) is 0 Å². The molecule has 0 aliphatic carbocycles. The lowest BCUT2D eigenvalue weighted by atomic mass is 10.0. The number of aromatic amines is 1. The van der Waals surface area contributed by atoms with Gasteiger partial charge in [0.05, 0.1) is 11.0 Å². The average molecular weight is 368 g/mol. The van der Waals surface area contributed by atoms with Crippen molar-refractivity contribution in [1.82, 2.24) is 14.5 Å². The lowest BCUT2D eigenvalue weighted by Gasteiger charge is -2.31. The molecule has 0 atom stereocenters. The topological polar surface area (TPSA) is 67.3 Å². The summed E-state index contributed by atoms with van der Waals surface area (Å²) in [7, 11) is 0. The molecule has 22 heavy (non-hydrogen) atoms. The number of nitrogens with one attached hydrogen (secondary N) is 1. The number of nitrogens with zero attached hydrogens (tertiary/aromatic N) is 2. The number of alkyl halides is 1. The first kappa shape index (κ1) is 15.1. The Morgan fingerprint density at radius 1 is 1.32 bits per heavy atom. The zero-order valence-corrected chi connectivity index (χ0v) is 13.7. The fraction of sp³-hybridized carbons (Fsp3) is 0.467. The smallest absolute Gasteiger partial charge is 0.409 e. The third-order valence-electron chi connectivity index (χ3n) is 4.01. The second kappa shape index (κ2) is 6.56. The van der Waals surface area contributed by atoms with Crippen LogP contribution in [0.1, 0.15) is 18.9 Å². The predicted molar refractivity (Wildman–Crippen MR) is 87.5 cm³/mol. The van der Waals surface area contributed by atoms with Crippen LogP contribution in [0.25, 0.3) is 11.0 Å². The molecule has 3 rings (SSSR count). The van der Waals surface area contributed by atoms with E-state index < -0.39 is 0 Å². The van der Waals surface area contributed by atoms with Crippen LogP contribution in [0.5, 0.6) is 0 Å². The van der Waals surface area contributed by atoms with Gasteiger partial charge in [0, 0.05) is 24.5 Å². The van der Waals surface area contributed by atoms with Crippen molar-refractivity contribution >= 4 is 33.1 Å². The predicted octanol–water partition coefficient (Wildman–Crippen LogP) is 2.50. The molecular formula is C15H18BrN3O3. The van der Waals surface area contributed by atoms with Gasteiger partial charge >= 0.3 is 11.8 Å².